The van der Waals surface area contributed by atoms with E-state index in [0.29, 0.717) is 12.8 Å². The van der Waals surface area contributed by atoms with Crippen LogP contribution in [0, 0.1) is 23.3 Å². The molecule has 1 aliphatic carbocycles. The van der Waals surface area contributed by atoms with Crippen LogP contribution < -0.4 is 16.4 Å². The second kappa shape index (κ2) is 7.93. The van der Waals surface area contributed by atoms with Gasteiger partial charge in [-0.05, 0) is 25.8 Å². The summed E-state index contributed by atoms with van der Waals surface area (Å²) in [5.41, 5.74) is 1.70. The van der Waals surface area contributed by atoms with Gasteiger partial charge < -0.3 is 16.4 Å². The van der Waals surface area contributed by atoms with Crippen molar-refractivity contribution in [1.82, 2.24) is 10.6 Å². The summed E-state index contributed by atoms with van der Waals surface area (Å²) in [6, 6.07) is -0.0944. The van der Waals surface area contributed by atoms with E-state index in [-0.39, 0.29) is 12.1 Å². The smallest absolute Gasteiger partial charge is 0.255 e. The molecule has 1 saturated carbocycles. The van der Waals surface area contributed by atoms with Gasteiger partial charge in [-0.2, -0.15) is 0 Å². The lowest BCUT2D eigenvalue weighted by atomic mass is 9.93. The van der Waals surface area contributed by atoms with Gasteiger partial charge in [0.25, 0.3) is 17.7 Å². The van der Waals surface area contributed by atoms with E-state index in [1.54, 1.807) is 0 Å². The third kappa shape index (κ3) is 4.20. The van der Waals surface area contributed by atoms with Crippen molar-refractivity contribution in [2.45, 2.75) is 50.6 Å². The van der Waals surface area contributed by atoms with E-state index in [4.69, 9.17) is 5.73 Å². The Bertz CT molecular complexity index is 781. The van der Waals surface area contributed by atoms with E-state index in [0.717, 1.165) is 26.2 Å². The number of primary amides is 1. The Morgan fingerprint density at radius 1 is 1.04 bits per heavy atom. The first-order valence-electron chi connectivity index (χ1n) is 8.34. The van der Waals surface area contributed by atoms with Crippen molar-refractivity contribution in [1.29, 1.82) is 0 Å². The monoisotopic (exact) mass is 389 g/mol. The maximum absolute atomic E-state index is 13.8. The predicted molar refractivity (Wildman–Crippen MR) is 86.4 cm³/mol. The van der Waals surface area contributed by atoms with Crippen molar-refractivity contribution in [3.05, 3.63) is 34.9 Å². The molecule has 0 bridgehead atoms. The number of carbonyl (C=O) groups excluding carboxylic acids is 3. The highest BCUT2D eigenvalue weighted by molar-refractivity contribution is 6.12. The van der Waals surface area contributed by atoms with Gasteiger partial charge in [0, 0.05) is 6.04 Å². The zero-order chi connectivity index (χ0) is 20.4. The fraction of sp³-hybridized carbons (Fsp3) is 0.471. The first-order valence-corrected chi connectivity index (χ1v) is 8.34. The number of nitrogens with two attached hydrogens (primary N) is 1. The third-order valence-corrected chi connectivity index (χ3v) is 4.60. The molecule has 6 nitrogen and oxygen atoms in total. The molecule has 0 aliphatic heterocycles. The van der Waals surface area contributed by atoms with Crippen molar-refractivity contribution in [3.8, 4) is 0 Å². The lowest BCUT2D eigenvalue weighted by Gasteiger charge is -2.30. The molecule has 1 aliphatic rings. The van der Waals surface area contributed by atoms with Crippen molar-refractivity contribution in [3.63, 3.8) is 0 Å². The molecule has 4 N–H and O–H groups in total. The van der Waals surface area contributed by atoms with Crippen LogP contribution >= 0.6 is 0 Å². The van der Waals surface area contributed by atoms with E-state index >= 15 is 0 Å². The summed E-state index contributed by atoms with van der Waals surface area (Å²) in [5.74, 6) is -11.7. The molecule has 0 aromatic heterocycles. The number of rotatable bonds is 5. The number of nitrogens with one attached hydrogen (secondary N) is 2. The molecule has 0 radical (unpaired) electrons. The van der Waals surface area contributed by atoms with Crippen LogP contribution in [0.3, 0.4) is 0 Å². The van der Waals surface area contributed by atoms with E-state index < -0.39 is 52.1 Å². The Kier molecular flexibility index (Phi) is 6.07. The predicted octanol–water partition coefficient (Wildman–Crippen LogP) is 1.67. The minimum atomic E-state index is -2.30. The Morgan fingerprint density at radius 2 is 1.63 bits per heavy atom. The normalized spacial score (nSPS) is 17.1. The van der Waals surface area contributed by atoms with Crippen molar-refractivity contribution in [2.75, 3.05) is 0 Å². The van der Waals surface area contributed by atoms with Gasteiger partial charge >= 0.3 is 0 Å². The Balaban J connectivity index is 2.25. The van der Waals surface area contributed by atoms with Gasteiger partial charge in [0.15, 0.2) is 28.8 Å². The van der Waals surface area contributed by atoms with E-state index in [1.165, 1.54) is 0 Å². The number of hydrogen-bond acceptors (Lipinski definition) is 3. The molecule has 1 aromatic carbocycles. The molecule has 0 spiro atoms. The quantitative estimate of drug-likeness (QED) is 0.309. The molecule has 0 heterocycles. The van der Waals surface area contributed by atoms with E-state index in [2.05, 4.69) is 5.32 Å². The summed E-state index contributed by atoms with van der Waals surface area (Å²) in [5, 5.41) is 4.48. The molecular formula is C17H19F4N3O3. The molecule has 1 aromatic rings. The van der Waals surface area contributed by atoms with Gasteiger partial charge in [-0.15, -0.1) is 0 Å². The zero-order valence-electron chi connectivity index (χ0n) is 14.5. The maximum atomic E-state index is 13.8. The fourth-order valence-corrected chi connectivity index (χ4v) is 2.84. The number of halogens is 4. The molecule has 3 amide bonds. The molecule has 1 fully saturated rings. The summed E-state index contributed by atoms with van der Waals surface area (Å²) in [6.45, 7) is 0.986. The Hall–Kier alpha value is -2.65. The minimum Gasteiger partial charge on any atom is -0.367 e. The average Bonchev–Trinajstić information content (AvgIpc) is 2.63. The molecular weight excluding hydrogens is 370 g/mol. The summed E-state index contributed by atoms with van der Waals surface area (Å²) in [7, 11) is 0. The summed E-state index contributed by atoms with van der Waals surface area (Å²) in [6.07, 6.45) is 4.13. The first-order chi connectivity index (χ1) is 12.6. The van der Waals surface area contributed by atoms with E-state index in [1.807, 2.05) is 5.32 Å². The highest BCUT2D eigenvalue weighted by atomic mass is 19.2. The number of carbonyl (C=O) groups is 3. The van der Waals surface area contributed by atoms with Crippen molar-refractivity contribution >= 4 is 17.7 Å². The van der Waals surface area contributed by atoms with Crippen molar-refractivity contribution < 1.29 is 31.9 Å². The van der Waals surface area contributed by atoms with Gasteiger partial charge in [-0.1, -0.05) is 19.3 Å². The van der Waals surface area contributed by atoms with Crippen LogP contribution in [-0.4, -0.2) is 29.3 Å². The van der Waals surface area contributed by atoms with Crippen LogP contribution in [-0.2, 0) is 9.59 Å². The first kappa shape index (κ1) is 20.7. The lowest BCUT2D eigenvalue weighted by molar-refractivity contribution is -0.136. The van der Waals surface area contributed by atoms with Crippen LogP contribution in [0.2, 0.25) is 0 Å². The van der Waals surface area contributed by atoms with Crippen LogP contribution in [0.25, 0.3) is 0 Å². The topological polar surface area (TPSA) is 101 Å². The average molecular weight is 389 g/mol. The number of hydrogen-bond donors (Lipinski definition) is 3. The van der Waals surface area contributed by atoms with Gasteiger partial charge in [0.2, 0.25) is 0 Å². The summed E-state index contributed by atoms with van der Waals surface area (Å²) in [4.78, 5) is 36.5. The van der Waals surface area contributed by atoms with Crippen LogP contribution in [0.4, 0.5) is 17.6 Å². The van der Waals surface area contributed by atoms with Crippen LogP contribution in [0.15, 0.2) is 6.07 Å². The molecule has 2 rings (SSSR count). The zero-order valence-corrected chi connectivity index (χ0v) is 14.5. The second-order valence-corrected chi connectivity index (χ2v) is 6.60. The van der Waals surface area contributed by atoms with E-state index in [9.17, 15) is 31.9 Å². The lowest BCUT2D eigenvalue weighted by Crippen LogP contribution is -2.65. The van der Waals surface area contributed by atoms with Gasteiger partial charge in [0.05, 0.1) is 5.56 Å². The van der Waals surface area contributed by atoms with Gasteiger partial charge in [0.1, 0.15) is 0 Å². The summed E-state index contributed by atoms with van der Waals surface area (Å²) < 4.78 is 53.5. The highest BCUT2D eigenvalue weighted by Crippen LogP contribution is 2.21. The largest absolute Gasteiger partial charge is 0.367 e. The summed E-state index contributed by atoms with van der Waals surface area (Å²) >= 11 is 0. The fourth-order valence-electron chi connectivity index (χ4n) is 2.84. The Morgan fingerprint density at radius 3 is 2.19 bits per heavy atom. The third-order valence-electron chi connectivity index (χ3n) is 4.60. The molecule has 0 saturated heterocycles. The molecule has 1 atom stereocenters. The Labute approximate surface area is 152 Å². The maximum Gasteiger partial charge on any atom is 0.255 e. The molecule has 0 unspecified atom stereocenters. The highest BCUT2D eigenvalue weighted by Gasteiger charge is 2.43. The van der Waals surface area contributed by atoms with Crippen LogP contribution in [0.5, 0.6) is 0 Å². The number of amides is 3. The second-order valence-electron chi connectivity index (χ2n) is 6.60. The molecule has 148 valence electrons. The molecule has 27 heavy (non-hydrogen) atoms. The van der Waals surface area contributed by atoms with Crippen molar-refractivity contribution in [2.24, 2.45) is 5.73 Å². The standard InChI is InChI=1S/C17H19F4N3O3/c1-17(15(22)26,16(27)23-8-5-3-2-4-6-8)24-14(25)9-7-10(18)12(20)13(21)11(9)19/h7-8H,2-6H2,1H3,(H2,22,26)(H,23,27)(H,24,25)/t17-/m0/s1. The SMILES string of the molecule is C[C@](NC(=O)c1cc(F)c(F)c(F)c1F)(C(N)=O)C(=O)NC1CCCCC1. The van der Waals surface area contributed by atoms with Gasteiger partial charge in [-0.25, -0.2) is 17.6 Å². The molecule has 10 heteroatoms. The minimum absolute atomic E-state index is 0.129. The number of benzene rings is 1. The van der Waals surface area contributed by atoms with Crippen LogP contribution in [0.1, 0.15) is 49.4 Å². The van der Waals surface area contributed by atoms with Gasteiger partial charge in [-0.3, -0.25) is 14.4 Å².